The van der Waals surface area contributed by atoms with Crippen LogP contribution in [0.3, 0.4) is 0 Å². The van der Waals surface area contributed by atoms with Gasteiger partial charge in [-0.3, -0.25) is 0 Å². The average molecular weight is 320 g/mol. The van der Waals surface area contributed by atoms with Gasteiger partial charge < -0.3 is 24.4 Å². The molecule has 0 amide bonds. The summed E-state index contributed by atoms with van der Waals surface area (Å²) in [7, 11) is 0. The first kappa shape index (κ1) is 21.8. The van der Waals surface area contributed by atoms with Crippen molar-refractivity contribution >= 4 is 0 Å². The van der Waals surface area contributed by atoms with Gasteiger partial charge in [-0.1, -0.05) is 40.0 Å². The zero-order valence-electron chi connectivity index (χ0n) is 14.6. The fourth-order valence-electron chi connectivity index (χ4n) is 2.01. The van der Waals surface area contributed by atoms with Crippen molar-refractivity contribution < 1.29 is 24.4 Å². The number of rotatable bonds is 16. The molecule has 0 saturated heterocycles. The highest BCUT2D eigenvalue weighted by Gasteiger charge is 2.29. The highest BCUT2D eigenvalue weighted by atomic mass is 16.6. The summed E-state index contributed by atoms with van der Waals surface area (Å²) in [6.45, 7) is 8.08. The van der Waals surface area contributed by atoms with Crippen molar-refractivity contribution in [2.75, 3.05) is 33.0 Å². The van der Waals surface area contributed by atoms with Crippen molar-refractivity contribution in [3.8, 4) is 0 Å². The third-order valence-electron chi connectivity index (χ3n) is 3.49. The van der Waals surface area contributed by atoms with Gasteiger partial charge in [0.1, 0.15) is 18.3 Å². The molecule has 5 nitrogen and oxygen atoms in total. The zero-order valence-corrected chi connectivity index (χ0v) is 14.6. The minimum absolute atomic E-state index is 0.160. The highest BCUT2D eigenvalue weighted by Crippen LogP contribution is 2.12. The smallest absolute Gasteiger partial charge is 0.114 e. The first-order chi connectivity index (χ1) is 10.7. The van der Waals surface area contributed by atoms with E-state index in [1.54, 1.807) is 0 Å². The Hall–Kier alpha value is -0.200. The lowest BCUT2D eigenvalue weighted by molar-refractivity contribution is -0.149. The molecule has 0 fully saturated rings. The summed E-state index contributed by atoms with van der Waals surface area (Å²) < 4.78 is 16.9. The van der Waals surface area contributed by atoms with Crippen molar-refractivity contribution in [3.05, 3.63) is 0 Å². The Kier molecular flexibility index (Phi) is 15.5. The van der Waals surface area contributed by atoms with Gasteiger partial charge in [0.05, 0.1) is 13.2 Å². The largest absolute Gasteiger partial charge is 0.394 e. The van der Waals surface area contributed by atoms with Crippen LogP contribution in [0.4, 0.5) is 0 Å². The van der Waals surface area contributed by atoms with E-state index in [9.17, 15) is 10.2 Å². The molecule has 0 rings (SSSR count). The minimum atomic E-state index is -0.785. The topological polar surface area (TPSA) is 68.2 Å². The molecule has 3 atom stereocenters. The number of ether oxygens (including phenoxy) is 3. The number of aliphatic hydroxyl groups is 2. The van der Waals surface area contributed by atoms with Crippen LogP contribution >= 0.6 is 0 Å². The minimum Gasteiger partial charge on any atom is -0.394 e. The van der Waals surface area contributed by atoms with Crippen molar-refractivity contribution in [1.29, 1.82) is 0 Å². The normalized spacial score (nSPS) is 15.7. The van der Waals surface area contributed by atoms with E-state index in [0.29, 0.717) is 19.8 Å². The fourth-order valence-corrected chi connectivity index (χ4v) is 2.01. The van der Waals surface area contributed by atoms with Crippen molar-refractivity contribution in [2.45, 2.75) is 77.6 Å². The molecular weight excluding hydrogens is 284 g/mol. The summed E-state index contributed by atoms with van der Waals surface area (Å²) in [6.07, 6.45) is 4.11. The molecule has 0 radical (unpaired) electrons. The molecule has 0 saturated carbocycles. The zero-order chi connectivity index (χ0) is 16.6. The molecule has 134 valence electrons. The van der Waals surface area contributed by atoms with Crippen LogP contribution in [0.15, 0.2) is 0 Å². The van der Waals surface area contributed by atoms with E-state index in [-0.39, 0.29) is 13.2 Å². The van der Waals surface area contributed by atoms with E-state index in [2.05, 4.69) is 20.8 Å². The van der Waals surface area contributed by atoms with E-state index < -0.39 is 18.3 Å². The monoisotopic (exact) mass is 320 g/mol. The lowest BCUT2D eigenvalue weighted by Crippen LogP contribution is -2.45. The van der Waals surface area contributed by atoms with E-state index in [1.807, 2.05) is 0 Å². The molecule has 0 aromatic rings. The van der Waals surface area contributed by atoms with Crippen LogP contribution in [0.25, 0.3) is 0 Å². The summed E-state index contributed by atoms with van der Waals surface area (Å²) in [5.41, 5.74) is 0. The Balaban J connectivity index is 4.40. The second kappa shape index (κ2) is 15.7. The van der Waals surface area contributed by atoms with Crippen molar-refractivity contribution in [1.82, 2.24) is 0 Å². The van der Waals surface area contributed by atoms with E-state index in [4.69, 9.17) is 14.2 Å². The van der Waals surface area contributed by atoms with Crippen LogP contribution in [0.1, 0.15) is 59.3 Å². The third-order valence-corrected chi connectivity index (χ3v) is 3.49. The number of hydrogen-bond donors (Lipinski definition) is 2. The van der Waals surface area contributed by atoms with E-state index >= 15 is 0 Å². The lowest BCUT2D eigenvalue weighted by Gasteiger charge is -2.30. The van der Waals surface area contributed by atoms with E-state index in [1.165, 1.54) is 0 Å². The summed E-state index contributed by atoms with van der Waals surface area (Å²) >= 11 is 0. The van der Waals surface area contributed by atoms with Crippen LogP contribution in [0.5, 0.6) is 0 Å². The average Bonchev–Trinajstić information content (AvgIpc) is 2.53. The van der Waals surface area contributed by atoms with Gasteiger partial charge in [0.25, 0.3) is 0 Å². The second-order valence-corrected chi connectivity index (χ2v) is 5.63. The maximum absolute atomic E-state index is 10.3. The Labute approximate surface area is 136 Å². The van der Waals surface area contributed by atoms with E-state index in [0.717, 1.165) is 38.5 Å². The van der Waals surface area contributed by atoms with Crippen LogP contribution in [-0.4, -0.2) is 61.6 Å². The first-order valence-corrected chi connectivity index (χ1v) is 8.81. The van der Waals surface area contributed by atoms with Gasteiger partial charge >= 0.3 is 0 Å². The van der Waals surface area contributed by atoms with Gasteiger partial charge in [0.2, 0.25) is 0 Å². The van der Waals surface area contributed by atoms with Crippen LogP contribution < -0.4 is 0 Å². The molecule has 5 heteroatoms. The molecule has 0 heterocycles. The third kappa shape index (κ3) is 10.5. The Morgan fingerprint density at radius 1 is 0.818 bits per heavy atom. The predicted molar refractivity (Wildman–Crippen MR) is 88.1 cm³/mol. The Morgan fingerprint density at radius 2 is 1.36 bits per heavy atom. The van der Waals surface area contributed by atoms with Gasteiger partial charge in [-0.15, -0.1) is 0 Å². The van der Waals surface area contributed by atoms with Crippen LogP contribution in [0, 0.1) is 0 Å². The molecular formula is C17H36O5. The van der Waals surface area contributed by atoms with Crippen LogP contribution in [-0.2, 0) is 14.2 Å². The molecule has 0 aromatic carbocycles. The first-order valence-electron chi connectivity index (χ1n) is 8.81. The molecule has 0 aliphatic carbocycles. The molecule has 0 aromatic heterocycles. The SMILES string of the molecule is CCCCOC[C@H](O)[C@@H](OCCCC)[C@@H](CO)OCCCC. The molecule has 0 bridgehead atoms. The number of unbranched alkanes of at least 4 members (excludes halogenated alkanes) is 3. The van der Waals surface area contributed by atoms with Crippen molar-refractivity contribution in [2.24, 2.45) is 0 Å². The molecule has 22 heavy (non-hydrogen) atoms. The van der Waals surface area contributed by atoms with Gasteiger partial charge in [-0.2, -0.15) is 0 Å². The highest BCUT2D eigenvalue weighted by molar-refractivity contribution is 4.78. The summed E-state index contributed by atoms with van der Waals surface area (Å²) in [6, 6.07) is 0. The summed E-state index contributed by atoms with van der Waals surface area (Å²) in [5, 5.41) is 19.9. The standard InChI is InChI=1S/C17H36O5/c1-4-7-10-20-14-15(19)17(22-12-9-6-3)16(13-18)21-11-8-5-2/h15-19H,4-14H2,1-3H3/t15-,16+,17+/m0/s1. The molecule has 0 unspecified atom stereocenters. The molecule has 0 spiro atoms. The number of hydrogen-bond acceptors (Lipinski definition) is 5. The maximum Gasteiger partial charge on any atom is 0.114 e. The second-order valence-electron chi connectivity index (χ2n) is 5.63. The number of aliphatic hydroxyl groups excluding tert-OH is 2. The molecule has 0 aliphatic heterocycles. The van der Waals surface area contributed by atoms with Gasteiger partial charge in [0.15, 0.2) is 0 Å². The quantitative estimate of drug-likeness (QED) is 0.428. The maximum atomic E-state index is 10.3. The summed E-state index contributed by atoms with van der Waals surface area (Å²) in [5.74, 6) is 0. The van der Waals surface area contributed by atoms with Gasteiger partial charge in [-0.05, 0) is 19.3 Å². The fraction of sp³-hybridized carbons (Fsp3) is 1.00. The van der Waals surface area contributed by atoms with Crippen LogP contribution in [0.2, 0.25) is 0 Å². The molecule has 0 aliphatic rings. The summed E-state index contributed by atoms with van der Waals surface area (Å²) in [4.78, 5) is 0. The lowest BCUT2D eigenvalue weighted by atomic mass is 10.1. The van der Waals surface area contributed by atoms with Gasteiger partial charge in [0, 0.05) is 19.8 Å². The Morgan fingerprint density at radius 3 is 1.91 bits per heavy atom. The van der Waals surface area contributed by atoms with Crippen molar-refractivity contribution in [3.63, 3.8) is 0 Å². The predicted octanol–water partition coefficient (Wildman–Crippen LogP) is 2.53. The molecule has 2 N–H and O–H groups in total. The van der Waals surface area contributed by atoms with Gasteiger partial charge in [-0.25, -0.2) is 0 Å². The Bertz CT molecular complexity index is 225.